The molecule has 5 nitrogen and oxygen atoms in total. The van der Waals surface area contributed by atoms with Crippen LogP contribution < -0.4 is 10.2 Å². The molecule has 0 saturated heterocycles. The van der Waals surface area contributed by atoms with Crippen molar-refractivity contribution in [1.82, 2.24) is 14.7 Å². The third-order valence-corrected chi connectivity index (χ3v) is 4.78. The van der Waals surface area contributed by atoms with Crippen LogP contribution in [0.2, 0.25) is 0 Å². The molecule has 1 aromatic carbocycles. The molecule has 6 heteroatoms. The van der Waals surface area contributed by atoms with E-state index in [1.807, 2.05) is 16.0 Å². The first-order valence-corrected chi connectivity index (χ1v) is 8.78. The SMILES string of the molecule is CCNC(=NCc1cn2ccsc2n1)N1CCc2ccccc21. The highest BCUT2D eigenvalue weighted by Crippen LogP contribution is 2.27. The zero-order valence-corrected chi connectivity index (χ0v) is 13.9. The minimum Gasteiger partial charge on any atom is -0.356 e. The molecular formula is C17H19N5S. The Balaban J connectivity index is 1.59. The molecule has 3 aromatic rings. The molecule has 3 heterocycles. The minimum atomic E-state index is 0.593. The Morgan fingerprint density at radius 3 is 3.17 bits per heavy atom. The third-order valence-electron chi connectivity index (χ3n) is 4.01. The summed E-state index contributed by atoms with van der Waals surface area (Å²) in [5.74, 6) is 0.939. The van der Waals surface area contributed by atoms with E-state index in [2.05, 4.69) is 52.6 Å². The number of aromatic nitrogens is 2. The van der Waals surface area contributed by atoms with Crippen LogP contribution >= 0.6 is 11.3 Å². The molecule has 4 rings (SSSR count). The van der Waals surface area contributed by atoms with E-state index in [-0.39, 0.29) is 0 Å². The number of hydrogen-bond acceptors (Lipinski definition) is 3. The Bertz CT molecular complexity index is 819. The normalized spacial score (nSPS) is 14.5. The van der Waals surface area contributed by atoms with E-state index >= 15 is 0 Å². The van der Waals surface area contributed by atoms with Gasteiger partial charge in [0, 0.05) is 36.6 Å². The van der Waals surface area contributed by atoms with Crippen LogP contribution in [-0.4, -0.2) is 28.4 Å². The molecule has 0 unspecified atom stereocenters. The van der Waals surface area contributed by atoms with Crippen molar-refractivity contribution in [3.05, 3.63) is 53.3 Å². The van der Waals surface area contributed by atoms with Crippen LogP contribution in [0.15, 0.2) is 47.0 Å². The molecule has 0 radical (unpaired) electrons. The number of nitrogens with one attached hydrogen (secondary N) is 1. The van der Waals surface area contributed by atoms with Gasteiger partial charge in [-0.2, -0.15) is 0 Å². The van der Waals surface area contributed by atoms with Crippen molar-refractivity contribution in [3.8, 4) is 0 Å². The van der Waals surface area contributed by atoms with Crippen LogP contribution in [0.5, 0.6) is 0 Å². The number of para-hydroxylation sites is 1. The summed E-state index contributed by atoms with van der Waals surface area (Å²) in [4.78, 5) is 12.7. The summed E-state index contributed by atoms with van der Waals surface area (Å²) in [5.41, 5.74) is 3.65. The lowest BCUT2D eigenvalue weighted by atomic mass is 10.2. The monoisotopic (exact) mass is 325 g/mol. The highest BCUT2D eigenvalue weighted by molar-refractivity contribution is 7.15. The van der Waals surface area contributed by atoms with E-state index in [0.717, 1.165) is 36.1 Å². The van der Waals surface area contributed by atoms with Crippen LogP contribution in [0, 0.1) is 0 Å². The van der Waals surface area contributed by atoms with E-state index in [9.17, 15) is 0 Å². The molecule has 0 atom stereocenters. The van der Waals surface area contributed by atoms with Gasteiger partial charge >= 0.3 is 0 Å². The number of thiazole rings is 1. The van der Waals surface area contributed by atoms with Gasteiger partial charge in [-0.15, -0.1) is 11.3 Å². The summed E-state index contributed by atoms with van der Waals surface area (Å²) in [5, 5.41) is 5.45. The Morgan fingerprint density at radius 1 is 1.39 bits per heavy atom. The number of benzene rings is 1. The van der Waals surface area contributed by atoms with Crippen LogP contribution in [0.3, 0.4) is 0 Å². The van der Waals surface area contributed by atoms with Gasteiger partial charge in [-0.3, -0.25) is 4.40 Å². The predicted molar refractivity (Wildman–Crippen MR) is 95.4 cm³/mol. The number of nitrogens with zero attached hydrogens (tertiary/aromatic N) is 4. The zero-order valence-electron chi connectivity index (χ0n) is 13.1. The molecule has 1 N–H and O–H groups in total. The Kier molecular flexibility index (Phi) is 3.75. The third kappa shape index (κ3) is 2.70. The molecule has 0 spiro atoms. The zero-order chi connectivity index (χ0) is 15.6. The summed E-state index contributed by atoms with van der Waals surface area (Å²) in [6, 6.07) is 8.55. The Hall–Kier alpha value is -2.34. The first-order chi connectivity index (χ1) is 11.3. The van der Waals surface area contributed by atoms with E-state index in [1.54, 1.807) is 11.3 Å². The molecule has 0 fully saturated rings. The van der Waals surface area contributed by atoms with Crippen molar-refractivity contribution in [1.29, 1.82) is 0 Å². The molecule has 0 amide bonds. The number of imidazole rings is 1. The minimum absolute atomic E-state index is 0.593. The second-order valence-electron chi connectivity index (χ2n) is 5.53. The van der Waals surface area contributed by atoms with Gasteiger partial charge in [-0.25, -0.2) is 9.98 Å². The van der Waals surface area contributed by atoms with Crippen molar-refractivity contribution in [2.75, 3.05) is 18.0 Å². The van der Waals surface area contributed by atoms with Crippen molar-refractivity contribution in [2.24, 2.45) is 4.99 Å². The number of aliphatic imine (C=N–C) groups is 1. The summed E-state index contributed by atoms with van der Waals surface area (Å²) in [6.45, 7) is 4.53. The lowest BCUT2D eigenvalue weighted by molar-refractivity contribution is 0.876. The highest BCUT2D eigenvalue weighted by atomic mass is 32.1. The van der Waals surface area contributed by atoms with E-state index < -0.39 is 0 Å². The molecule has 23 heavy (non-hydrogen) atoms. The number of rotatable bonds is 3. The van der Waals surface area contributed by atoms with Crippen molar-refractivity contribution >= 4 is 27.9 Å². The molecule has 0 bridgehead atoms. The number of fused-ring (bicyclic) bond motifs is 2. The van der Waals surface area contributed by atoms with Gasteiger partial charge in [0.05, 0.1) is 12.2 Å². The van der Waals surface area contributed by atoms with Gasteiger partial charge in [-0.05, 0) is 25.0 Å². The van der Waals surface area contributed by atoms with E-state index in [1.165, 1.54) is 11.3 Å². The van der Waals surface area contributed by atoms with Gasteiger partial charge in [0.15, 0.2) is 10.9 Å². The van der Waals surface area contributed by atoms with Gasteiger partial charge < -0.3 is 10.2 Å². The van der Waals surface area contributed by atoms with E-state index in [4.69, 9.17) is 4.99 Å². The van der Waals surface area contributed by atoms with Crippen molar-refractivity contribution in [2.45, 2.75) is 19.9 Å². The lowest BCUT2D eigenvalue weighted by Crippen LogP contribution is -2.40. The molecule has 0 saturated carbocycles. The topological polar surface area (TPSA) is 44.9 Å². The van der Waals surface area contributed by atoms with E-state index in [0.29, 0.717) is 6.54 Å². The average molecular weight is 325 g/mol. The number of guanidine groups is 1. The summed E-state index contributed by atoms with van der Waals surface area (Å²) >= 11 is 1.65. The lowest BCUT2D eigenvalue weighted by Gasteiger charge is -2.22. The van der Waals surface area contributed by atoms with Crippen LogP contribution in [0.25, 0.3) is 4.96 Å². The molecule has 1 aliphatic rings. The second kappa shape index (κ2) is 6.04. The molecule has 118 valence electrons. The number of anilines is 1. The summed E-state index contributed by atoms with van der Waals surface area (Å²) in [7, 11) is 0. The van der Waals surface area contributed by atoms with Gasteiger partial charge in [0.25, 0.3) is 0 Å². The quantitative estimate of drug-likeness (QED) is 0.595. The van der Waals surface area contributed by atoms with Gasteiger partial charge in [0.1, 0.15) is 0 Å². The largest absolute Gasteiger partial charge is 0.356 e. The molecule has 0 aliphatic carbocycles. The fourth-order valence-electron chi connectivity index (χ4n) is 2.96. The highest BCUT2D eigenvalue weighted by Gasteiger charge is 2.22. The number of hydrogen-bond donors (Lipinski definition) is 1. The molecule has 1 aliphatic heterocycles. The Labute approximate surface area is 139 Å². The first-order valence-electron chi connectivity index (χ1n) is 7.90. The van der Waals surface area contributed by atoms with Crippen molar-refractivity contribution < 1.29 is 0 Å². The Morgan fingerprint density at radius 2 is 2.30 bits per heavy atom. The van der Waals surface area contributed by atoms with Crippen LogP contribution in [0.1, 0.15) is 18.2 Å². The maximum atomic E-state index is 4.80. The summed E-state index contributed by atoms with van der Waals surface area (Å²) < 4.78 is 2.05. The molecular weight excluding hydrogens is 306 g/mol. The standard InChI is InChI=1S/C17H19N5S/c1-2-18-16(22-8-7-13-5-3-4-6-15(13)22)19-11-14-12-21-9-10-23-17(21)20-14/h3-6,9-10,12H,2,7-8,11H2,1H3,(H,18,19). The van der Waals surface area contributed by atoms with Crippen LogP contribution in [0.4, 0.5) is 5.69 Å². The van der Waals surface area contributed by atoms with Gasteiger partial charge in [0.2, 0.25) is 0 Å². The van der Waals surface area contributed by atoms with Crippen LogP contribution in [-0.2, 0) is 13.0 Å². The van der Waals surface area contributed by atoms with Gasteiger partial charge in [-0.1, -0.05) is 18.2 Å². The smallest absolute Gasteiger partial charge is 0.198 e. The fourth-order valence-corrected chi connectivity index (χ4v) is 3.68. The second-order valence-corrected chi connectivity index (χ2v) is 6.40. The first kappa shape index (κ1) is 14.3. The molecule has 2 aromatic heterocycles. The average Bonchev–Trinajstić information content (AvgIpc) is 3.25. The summed E-state index contributed by atoms with van der Waals surface area (Å²) in [6.07, 6.45) is 5.15. The fraction of sp³-hybridized carbons (Fsp3) is 0.294. The maximum Gasteiger partial charge on any atom is 0.198 e. The predicted octanol–water partition coefficient (Wildman–Crippen LogP) is 2.92. The van der Waals surface area contributed by atoms with Crippen molar-refractivity contribution in [3.63, 3.8) is 0 Å². The maximum absolute atomic E-state index is 4.80.